The molecule has 0 radical (unpaired) electrons. The van der Waals surface area contributed by atoms with Gasteiger partial charge in [-0.05, 0) is 48.7 Å². The quantitative estimate of drug-likeness (QED) is 0.438. The van der Waals surface area contributed by atoms with Crippen molar-refractivity contribution in [3.63, 3.8) is 0 Å². The average Bonchev–Trinajstić information content (AvgIpc) is 3.36. The zero-order valence-electron chi connectivity index (χ0n) is 18.1. The minimum absolute atomic E-state index is 0.0798. The van der Waals surface area contributed by atoms with E-state index in [0.717, 1.165) is 35.5 Å². The van der Waals surface area contributed by atoms with Crippen molar-refractivity contribution in [1.29, 1.82) is 0 Å². The van der Waals surface area contributed by atoms with Gasteiger partial charge in [-0.2, -0.15) is 0 Å². The minimum atomic E-state index is 0.0798. The van der Waals surface area contributed by atoms with Crippen molar-refractivity contribution in [3.8, 4) is 0 Å². The molecule has 0 spiro atoms. The van der Waals surface area contributed by atoms with Crippen molar-refractivity contribution in [2.24, 2.45) is 0 Å². The minimum Gasteiger partial charge on any atom is -0.323 e. The second kappa shape index (κ2) is 8.03. The lowest BCUT2D eigenvalue weighted by Gasteiger charge is -2.18. The van der Waals surface area contributed by atoms with E-state index in [0.29, 0.717) is 13.0 Å². The average molecular weight is 410 g/mol. The number of aromatic nitrogens is 2. The summed E-state index contributed by atoms with van der Waals surface area (Å²) < 4.78 is 2.29. The molecule has 0 unspecified atom stereocenters. The fraction of sp³-hybridized carbons (Fsp3) is 0.259. The fourth-order valence-corrected chi connectivity index (χ4v) is 4.49. The predicted molar refractivity (Wildman–Crippen MR) is 126 cm³/mol. The van der Waals surface area contributed by atoms with Gasteiger partial charge in [-0.3, -0.25) is 4.79 Å². The van der Waals surface area contributed by atoms with Gasteiger partial charge in [0.25, 0.3) is 0 Å². The molecule has 4 nitrogen and oxygen atoms in total. The highest BCUT2D eigenvalue weighted by atomic mass is 16.2. The molecule has 1 aliphatic rings. The zero-order valence-corrected chi connectivity index (χ0v) is 18.1. The Kier molecular flexibility index (Phi) is 5.06. The number of nitrogens with zero attached hydrogens (tertiary/aromatic N) is 3. The van der Waals surface area contributed by atoms with Crippen LogP contribution in [0.2, 0.25) is 0 Å². The van der Waals surface area contributed by atoms with Gasteiger partial charge in [0.15, 0.2) is 0 Å². The van der Waals surface area contributed by atoms with Crippen LogP contribution in [0.25, 0.3) is 11.0 Å². The third kappa shape index (κ3) is 3.74. The molecule has 2 heterocycles. The van der Waals surface area contributed by atoms with Gasteiger partial charge >= 0.3 is 0 Å². The third-order valence-corrected chi connectivity index (χ3v) is 6.29. The Morgan fingerprint density at radius 1 is 0.935 bits per heavy atom. The Morgan fingerprint density at radius 3 is 2.39 bits per heavy atom. The number of aryl methyl sites for hydroxylation is 2. The normalized spacial score (nSPS) is 16.4. The molecule has 4 aromatic rings. The molecular weight excluding hydrogens is 382 g/mol. The SMILES string of the molecule is CCc1ccc(N2C[C@H](c3nc4ccccc4n3Cc3ccc(C)cc3)CC2=O)cc1. The first-order chi connectivity index (χ1) is 15.1. The van der Waals surface area contributed by atoms with E-state index in [9.17, 15) is 4.79 Å². The summed E-state index contributed by atoms with van der Waals surface area (Å²) in [5, 5.41) is 0. The van der Waals surface area contributed by atoms with Gasteiger partial charge in [0.05, 0.1) is 11.0 Å². The maximum atomic E-state index is 12.9. The van der Waals surface area contributed by atoms with E-state index in [1.807, 2.05) is 11.0 Å². The first kappa shape index (κ1) is 19.6. The molecule has 3 aromatic carbocycles. The number of anilines is 1. The van der Waals surface area contributed by atoms with Gasteiger partial charge in [0.1, 0.15) is 5.82 Å². The summed E-state index contributed by atoms with van der Waals surface area (Å²) in [6.07, 6.45) is 1.49. The summed E-state index contributed by atoms with van der Waals surface area (Å²) in [4.78, 5) is 19.8. The predicted octanol–water partition coefficient (Wildman–Crippen LogP) is 5.48. The lowest BCUT2D eigenvalue weighted by atomic mass is 10.1. The molecule has 5 rings (SSSR count). The molecule has 1 aromatic heterocycles. The molecule has 0 saturated carbocycles. The summed E-state index contributed by atoms with van der Waals surface area (Å²) in [5.41, 5.74) is 6.87. The second-order valence-electron chi connectivity index (χ2n) is 8.46. The zero-order chi connectivity index (χ0) is 21.4. The van der Waals surface area contributed by atoms with Crippen molar-refractivity contribution in [2.75, 3.05) is 11.4 Å². The van der Waals surface area contributed by atoms with Crippen LogP contribution >= 0.6 is 0 Å². The summed E-state index contributed by atoms with van der Waals surface area (Å²) in [5.74, 6) is 1.25. The summed E-state index contributed by atoms with van der Waals surface area (Å²) in [6, 6.07) is 25.3. The Bertz CT molecular complexity index is 1220. The topological polar surface area (TPSA) is 38.1 Å². The number of carbonyl (C=O) groups is 1. The Hall–Kier alpha value is -3.40. The molecule has 156 valence electrons. The van der Waals surface area contributed by atoms with Crippen LogP contribution in [0.3, 0.4) is 0 Å². The summed E-state index contributed by atoms with van der Waals surface area (Å²) in [7, 11) is 0. The van der Waals surface area contributed by atoms with Crippen LogP contribution < -0.4 is 4.90 Å². The molecule has 1 fully saturated rings. The molecular formula is C27H27N3O. The molecule has 4 heteroatoms. The largest absolute Gasteiger partial charge is 0.323 e. The highest BCUT2D eigenvalue weighted by Gasteiger charge is 2.34. The van der Waals surface area contributed by atoms with E-state index in [4.69, 9.17) is 4.98 Å². The molecule has 0 aliphatic carbocycles. The van der Waals surface area contributed by atoms with E-state index >= 15 is 0 Å². The second-order valence-corrected chi connectivity index (χ2v) is 8.46. The first-order valence-corrected chi connectivity index (χ1v) is 11.0. The summed E-state index contributed by atoms with van der Waals surface area (Å²) >= 11 is 0. The summed E-state index contributed by atoms with van der Waals surface area (Å²) in [6.45, 7) is 5.67. The van der Waals surface area contributed by atoms with Crippen LogP contribution in [0.4, 0.5) is 5.69 Å². The van der Waals surface area contributed by atoms with Crippen molar-refractivity contribution < 1.29 is 4.79 Å². The standard InChI is InChI=1S/C27H27N3O/c1-3-20-12-14-23(15-13-20)29-18-22(16-26(29)31)27-28-24-6-4-5-7-25(24)30(27)17-21-10-8-19(2)9-11-21/h4-15,22H,3,16-18H2,1-2H3/t22-/m1/s1. The van der Waals surface area contributed by atoms with E-state index < -0.39 is 0 Å². The van der Waals surface area contributed by atoms with Gasteiger partial charge < -0.3 is 9.47 Å². The molecule has 0 bridgehead atoms. The first-order valence-electron chi connectivity index (χ1n) is 11.0. The van der Waals surface area contributed by atoms with E-state index in [-0.39, 0.29) is 11.8 Å². The number of amides is 1. The monoisotopic (exact) mass is 409 g/mol. The number of carbonyl (C=O) groups excluding carboxylic acids is 1. The van der Waals surface area contributed by atoms with Crippen molar-refractivity contribution in [2.45, 2.75) is 39.2 Å². The van der Waals surface area contributed by atoms with Crippen LogP contribution in [-0.2, 0) is 17.8 Å². The number of hydrogen-bond acceptors (Lipinski definition) is 2. The van der Waals surface area contributed by atoms with Crippen LogP contribution in [0.15, 0.2) is 72.8 Å². The molecule has 31 heavy (non-hydrogen) atoms. The Balaban J connectivity index is 1.49. The number of benzene rings is 3. The molecule has 0 N–H and O–H groups in total. The van der Waals surface area contributed by atoms with Crippen molar-refractivity contribution in [3.05, 3.63) is 95.3 Å². The highest BCUT2D eigenvalue weighted by Crippen LogP contribution is 2.33. The van der Waals surface area contributed by atoms with Gasteiger partial charge in [-0.15, -0.1) is 0 Å². The van der Waals surface area contributed by atoms with E-state index in [1.165, 1.54) is 16.7 Å². The van der Waals surface area contributed by atoms with Crippen molar-refractivity contribution in [1.82, 2.24) is 9.55 Å². The third-order valence-electron chi connectivity index (χ3n) is 6.29. The lowest BCUT2D eigenvalue weighted by Crippen LogP contribution is -2.24. The van der Waals surface area contributed by atoms with E-state index in [2.05, 4.69) is 85.1 Å². The van der Waals surface area contributed by atoms with Crippen LogP contribution in [0, 0.1) is 6.92 Å². The van der Waals surface area contributed by atoms with Gasteiger partial charge in [-0.1, -0.05) is 61.0 Å². The number of hydrogen-bond donors (Lipinski definition) is 0. The number of imidazole rings is 1. The van der Waals surface area contributed by atoms with Crippen LogP contribution in [0.1, 0.15) is 41.8 Å². The fourth-order valence-electron chi connectivity index (χ4n) is 4.49. The van der Waals surface area contributed by atoms with Crippen LogP contribution in [0.5, 0.6) is 0 Å². The maximum absolute atomic E-state index is 12.9. The molecule has 1 amide bonds. The number of fused-ring (bicyclic) bond motifs is 1. The van der Waals surface area contributed by atoms with Gasteiger partial charge in [-0.25, -0.2) is 4.98 Å². The van der Waals surface area contributed by atoms with Gasteiger partial charge in [0.2, 0.25) is 5.91 Å². The lowest BCUT2D eigenvalue weighted by molar-refractivity contribution is -0.117. The number of para-hydroxylation sites is 2. The van der Waals surface area contributed by atoms with Crippen LogP contribution in [-0.4, -0.2) is 22.0 Å². The van der Waals surface area contributed by atoms with Gasteiger partial charge in [0, 0.05) is 31.1 Å². The van der Waals surface area contributed by atoms with E-state index in [1.54, 1.807) is 0 Å². The molecule has 1 saturated heterocycles. The Labute approximate surface area is 183 Å². The van der Waals surface area contributed by atoms with Crippen molar-refractivity contribution >= 4 is 22.6 Å². The maximum Gasteiger partial charge on any atom is 0.227 e. The molecule has 1 atom stereocenters. The highest BCUT2D eigenvalue weighted by molar-refractivity contribution is 5.96. The smallest absolute Gasteiger partial charge is 0.227 e. The number of rotatable bonds is 5. The molecule has 1 aliphatic heterocycles. The Morgan fingerprint density at radius 2 is 1.65 bits per heavy atom.